The van der Waals surface area contributed by atoms with Crippen molar-refractivity contribution in [3.8, 4) is 0 Å². The number of aldehydes is 1. The molecule has 1 nitrogen and oxygen atoms in total. The molecular formula is C4H6CrO. The SMILES string of the molecule is [CH-]=CC=O.[CH3-].[Cr+2]. The Labute approximate surface area is 49.2 Å². The molecule has 0 atom stereocenters. The fourth-order valence-electron chi connectivity index (χ4n) is 0. The quantitative estimate of drug-likeness (QED) is 0.283. The van der Waals surface area contributed by atoms with Crippen LogP contribution in [-0.2, 0) is 22.2 Å². The number of carbonyl (C=O) groups is 1. The fourth-order valence-corrected chi connectivity index (χ4v) is 0. The van der Waals surface area contributed by atoms with Gasteiger partial charge in [0.25, 0.3) is 0 Å². The summed E-state index contributed by atoms with van der Waals surface area (Å²) in [6.45, 7) is 4.53. The third-order valence-electron chi connectivity index (χ3n) is 0.0786. The predicted octanol–water partition coefficient (Wildman–Crippen LogP) is 0.622. The smallest absolute Gasteiger partial charge is 0.410 e. The molecular weight excluding hydrogens is 116 g/mol. The van der Waals surface area contributed by atoms with Gasteiger partial charge in [0.2, 0.25) is 0 Å². The van der Waals surface area contributed by atoms with Crippen molar-refractivity contribution in [3.63, 3.8) is 0 Å². The number of allylic oxidation sites excluding steroid dienone is 1. The molecule has 0 rings (SSSR count). The van der Waals surface area contributed by atoms with Gasteiger partial charge in [0, 0.05) is 0 Å². The Bertz CT molecular complexity index is 28.5. The fraction of sp³-hybridized carbons (Fsp3) is 0. The van der Waals surface area contributed by atoms with E-state index in [2.05, 4.69) is 6.58 Å². The summed E-state index contributed by atoms with van der Waals surface area (Å²) in [6, 6.07) is 0. The molecule has 0 aliphatic rings. The maximum absolute atomic E-state index is 8.99. The molecule has 0 unspecified atom stereocenters. The number of rotatable bonds is 1. The van der Waals surface area contributed by atoms with E-state index in [-0.39, 0.29) is 24.8 Å². The Morgan fingerprint density at radius 2 is 1.67 bits per heavy atom. The molecule has 0 aromatic rings. The molecule has 0 aromatic heterocycles. The van der Waals surface area contributed by atoms with Crippen LogP contribution in [0.5, 0.6) is 0 Å². The van der Waals surface area contributed by atoms with E-state index in [1.807, 2.05) is 0 Å². The molecule has 0 saturated heterocycles. The summed E-state index contributed by atoms with van der Waals surface area (Å²) >= 11 is 0. The summed E-state index contributed by atoms with van der Waals surface area (Å²) in [4.78, 5) is 8.99. The van der Waals surface area contributed by atoms with Gasteiger partial charge in [0.1, 0.15) is 0 Å². The Kier molecular flexibility index (Phi) is 56.9. The van der Waals surface area contributed by atoms with Crippen molar-refractivity contribution in [1.29, 1.82) is 0 Å². The second kappa shape index (κ2) is 20.4. The minimum absolute atomic E-state index is 0. The molecule has 0 heterocycles. The molecule has 0 aromatic carbocycles. The van der Waals surface area contributed by atoms with Gasteiger partial charge in [0.15, 0.2) is 0 Å². The summed E-state index contributed by atoms with van der Waals surface area (Å²) in [7, 11) is 0. The summed E-state index contributed by atoms with van der Waals surface area (Å²) in [5, 5.41) is 0. The van der Waals surface area contributed by atoms with Gasteiger partial charge in [-0.25, -0.2) is 6.08 Å². The van der Waals surface area contributed by atoms with E-state index in [1.165, 1.54) is 0 Å². The van der Waals surface area contributed by atoms with Crippen molar-refractivity contribution >= 4 is 6.29 Å². The van der Waals surface area contributed by atoms with Gasteiger partial charge >= 0.3 is 17.4 Å². The van der Waals surface area contributed by atoms with Crippen LogP contribution in [0.1, 0.15) is 0 Å². The van der Waals surface area contributed by atoms with Gasteiger partial charge in [-0.3, -0.25) is 6.58 Å². The molecule has 0 amide bonds. The molecule has 0 saturated carbocycles. The molecule has 0 spiro atoms. The Hall–Kier alpha value is -0.0575. The molecule has 0 bridgehead atoms. The van der Waals surface area contributed by atoms with E-state index in [0.29, 0.717) is 6.29 Å². The summed E-state index contributed by atoms with van der Waals surface area (Å²) in [6.07, 6.45) is 1.47. The average molecular weight is 122 g/mol. The van der Waals surface area contributed by atoms with E-state index in [1.54, 1.807) is 0 Å². The zero-order chi connectivity index (χ0) is 3.41. The van der Waals surface area contributed by atoms with Gasteiger partial charge in [-0.15, -0.1) is 0 Å². The van der Waals surface area contributed by atoms with Gasteiger partial charge in [-0.1, -0.05) is 0 Å². The van der Waals surface area contributed by atoms with Gasteiger partial charge in [0.05, 0.1) is 0 Å². The monoisotopic (exact) mass is 122 g/mol. The summed E-state index contributed by atoms with van der Waals surface area (Å²) in [5.74, 6) is 0. The Morgan fingerprint density at radius 1 is 1.50 bits per heavy atom. The second-order valence-electron chi connectivity index (χ2n) is 0.329. The van der Waals surface area contributed by atoms with Crippen molar-refractivity contribution in [2.24, 2.45) is 0 Å². The van der Waals surface area contributed by atoms with Crippen LogP contribution in [0.4, 0.5) is 0 Å². The zero-order valence-corrected chi connectivity index (χ0v) is 4.82. The van der Waals surface area contributed by atoms with Crippen molar-refractivity contribution in [1.82, 2.24) is 0 Å². The van der Waals surface area contributed by atoms with Crippen molar-refractivity contribution in [2.75, 3.05) is 0 Å². The van der Waals surface area contributed by atoms with Crippen LogP contribution in [0.3, 0.4) is 0 Å². The maximum Gasteiger partial charge on any atom is 2.00 e. The van der Waals surface area contributed by atoms with E-state index >= 15 is 0 Å². The van der Waals surface area contributed by atoms with Crippen LogP contribution < -0.4 is 0 Å². The first-order chi connectivity index (χ1) is 1.91. The van der Waals surface area contributed by atoms with E-state index < -0.39 is 0 Å². The second-order valence-corrected chi connectivity index (χ2v) is 0.329. The largest absolute Gasteiger partial charge is 2.00 e. The topological polar surface area (TPSA) is 17.1 Å². The molecule has 0 aliphatic heterocycles. The van der Waals surface area contributed by atoms with Crippen molar-refractivity contribution in [3.05, 3.63) is 20.1 Å². The van der Waals surface area contributed by atoms with E-state index in [0.717, 1.165) is 6.08 Å². The van der Waals surface area contributed by atoms with Crippen LogP contribution >= 0.6 is 0 Å². The van der Waals surface area contributed by atoms with Crippen LogP contribution in [0.2, 0.25) is 0 Å². The van der Waals surface area contributed by atoms with Crippen LogP contribution in [0.15, 0.2) is 6.08 Å². The molecule has 6 heavy (non-hydrogen) atoms. The zero-order valence-electron chi connectivity index (χ0n) is 3.55. The normalized spacial score (nSPS) is 3.33. The van der Waals surface area contributed by atoms with Crippen LogP contribution in [-0.4, -0.2) is 6.29 Å². The Morgan fingerprint density at radius 3 is 1.67 bits per heavy atom. The van der Waals surface area contributed by atoms with Gasteiger partial charge < -0.3 is 12.2 Å². The first-order valence-electron chi connectivity index (χ1n) is 0.902. The average Bonchev–Trinajstić information content (AvgIpc) is 1.37. The predicted molar refractivity (Wildman–Crippen MR) is 21.3 cm³/mol. The number of hydrogen-bond acceptors (Lipinski definition) is 1. The first kappa shape index (κ1) is 16.8. The molecule has 0 aliphatic carbocycles. The Balaban J connectivity index is -0.0000000450. The minimum atomic E-state index is 0. The third kappa shape index (κ3) is 38.4. The summed E-state index contributed by atoms with van der Waals surface area (Å²) < 4.78 is 0. The van der Waals surface area contributed by atoms with E-state index in [9.17, 15) is 0 Å². The van der Waals surface area contributed by atoms with Crippen LogP contribution in [0.25, 0.3) is 0 Å². The summed E-state index contributed by atoms with van der Waals surface area (Å²) in [5.41, 5.74) is 0. The minimum Gasteiger partial charge on any atom is -0.410 e. The number of carbonyl (C=O) groups excluding carboxylic acids is 1. The van der Waals surface area contributed by atoms with Gasteiger partial charge in [-0.05, 0) is 6.29 Å². The molecule has 2 heteroatoms. The maximum atomic E-state index is 8.99. The third-order valence-corrected chi connectivity index (χ3v) is 0.0786. The van der Waals surface area contributed by atoms with E-state index in [4.69, 9.17) is 4.79 Å². The number of hydrogen-bond donors (Lipinski definition) is 0. The first-order valence-corrected chi connectivity index (χ1v) is 0.902. The van der Waals surface area contributed by atoms with Crippen molar-refractivity contribution in [2.45, 2.75) is 0 Å². The van der Waals surface area contributed by atoms with Crippen LogP contribution in [0, 0.1) is 14.0 Å². The van der Waals surface area contributed by atoms with Gasteiger partial charge in [-0.2, -0.15) is 0 Å². The van der Waals surface area contributed by atoms with Crippen molar-refractivity contribution < 1.29 is 22.2 Å². The standard InChI is InChI=1S/C3H3O.CH3.Cr/c1-2-3-4;;/h1-3H;1H3;/q2*-1;+2. The molecule has 34 valence electrons. The molecule has 0 fully saturated rings. The molecule has 0 radical (unpaired) electrons. The molecule has 0 N–H and O–H groups in total.